The first-order valence-corrected chi connectivity index (χ1v) is 5.72. The minimum Gasteiger partial charge on any atom is -0.480 e. The molecule has 0 spiro atoms. The number of urea groups is 1. The molecule has 0 aliphatic carbocycles. The highest BCUT2D eigenvalue weighted by atomic mass is 16.4. The molecule has 0 aromatic heterocycles. The second-order valence-electron chi connectivity index (χ2n) is 4.00. The quantitative estimate of drug-likeness (QED) is 0.650. The number of nitrogens with one attached hydrogen (secondary N) is 2. The fourth-order valence-corrected chi connectivity index (χ4v) is 1.55. The Labute approximate surface area is 96.6 Å². The van der Waals surface area contributed by atoms with Gasteiger partial charge in [-0.15, -0.1) is 0 Å². The van der Waals surface area contributed by atoms with Crippen LogP contribution in [0.1, 0.15) is 47.0 Å². The number of rotatable bonds is 6. The minimum atomic E-state index is -1.04. The third kappa shape index (κ3) is 4.08. The van der Waals surface area contributed by atoms with Crippen LogP contribution in [0.4, 0.5) is 4.79 Å². The number of carbonyl (C=O) groups excluding carboxylic acids is 1. The Morgan fingerprint density at radius 1 is 1.19 bits per heavy atom. The number of hydrogen-bond acceptors (Lipinski definition) is 2. The van der Waals surface area contributed by atoms with Gasteiger partial charge in [0.1, 0.15) is 6.04 Å². The Morgan fingerprint density at radius 3 is 1.94 bits per heavy atom. The lowest BCUT2D eigenvalue weighted by molar-refractivity contribution is -0.138. The van der Waals surface area contributed by atoms with Gasteiger partial charge in [-0.2, -0.15) is 0 Å². The Bertz CT molecular complexity index is 241. The first-order chi connectivity index (χ1) is 7.40. The molecule has 5 heteroatoms. The summed E-state index contributed by atoms with van der Waals surface area (Å²) in [7, 11) is 0. The van der Waals surface area contributed by atoms with Crippen molar-refractivity contribution in [3.8, 4) is 0 Å². The van der Waals surface area contributed by atoms with Crippen LogP contribution < -0.4 is 10.6 Å². The largest absolute Gasteiger partial charge is 0.480 e. The summed E-state index contributed by atoms with van der Waals surface area (Å²) < 4.78 is 0. The molecule has 0 aliphatic heterocycles. The zero-order valence-electron chi connectivity index (χ0n) is 10.5. The number of aliphatic carboxylic acids is 1. The Balaban J connectivity index is 4.36. The maximum atomic E-state index is 11.6. The Hall–Kier alpha value is -1.26. The van der Waals surface area contributed by atoms with Gasteiger partial charge in [0.05, 0.1) is 0 Å². The number of carboxylic acids is 1. The standard InChI is InChI=1S/C11H22N2O3/c1-5-11(6-2,7-3)13-10(16)12-8(4)9(14)15/h8H,5-7H2,1-4H3,(H,14,15)(H2,12,13,16)/t8-/m0/s1. The zero-order chi connectivity index (χ0) is 12.8. The molecule has 0 radical (unpaired) electrons. The van der Waals surface area contributed by atoms with E-state index in [0.717, 1.165) is 19.3 Å². The molecule has 0 bridgehead atoms. The van der Waals surface area contributed by atoms with Gasteiger partial charge in [-0.1, -0.05) is 20.8 Å². The van der Waals surface area contributed by atoms with Crippen molar-refractivity contribution in [3.63, 3.8) is 0 Å². The van der Waals surface area contributed by atoms with Crippen molar-refractivity contribution in [3.05, 3.63) is 0 Å². The van der Waals surface area contributed by atoms with E-state index in [9.17, 15) is 9.59 Å². The lowest BCUT2D eigenvalue weighted by Gasteiger charge is -2.32. The molecule has 0 fully saturated rings. The van der Waals surface area contributed by atoms with Gasteiger partial charge in [-0.3, -0.25) is 4.79 Å². The van der Waals surface area contributed by atoms with E-state index in [0.29, 0.717) is 0 Å². The topological polar surface area (TPSA) is 78.4 Å². The van der Waals surface area contributed by atoms with Gasteiger partial charge in [0.25, 0.3) is 0 Å². The van der Waals surface area contributed by atoms with Gasteiger partial charge in [-0.25, -0.2) is 4.79 Å². The van der Waals surface area contributed by atoms with Gasteiger partial charge in [0, 0.05) is 5.54 Å². The molecular formula is C11H22N2O3. The number of carboxylic acid groups (broad SMARTS) is 1. The fraction of sp³-hybridized carbons (Fsp3) is 0.818. The second kappa shape index (κ2) is 6.35. The molecular weight excluding hydrogens is 208 g/mol. The van der Waals surface area contributed by atoms with Gasteiger partial charge in [-0.05, 0) is 26.2 Å². The molecule has 0 unspecified atom stereocenters. The second-order valence-corrected chi connectivity index (χ2v) is 4.00. The van der Waals surface area contributed by atoms with E-state index in [-0.39, 0.29) is 5.54 Å². The normalized spacial score (nSPS) is 13.0. The average molecular weight is 230 g/mol. The molecule has 1 atom stereocenters. The average Bonchev–Trinajstić information content (AvgIpc) is 2.26. The molecule has 0 rings (SSSR count). The molecule has 94 valence electrons. The third-order valence-corrected chi connectivity index (χ3v) is 3.13. The monoisotopic (exact) mass is 230 g/mol. The van der Waals surface area contributed by atoms with Crippen molar-refractivity contribution in [2.75, 3.05) is 0 Å². The molecule has 0 aliphatic rings. The molecule has 0 saturated heterocycles. The van der Waals surface area contributed by atoms with Crippen molar-refractivity contribution in [1.82, 2.24) is 10.6 Å². The molecule has 0 aromatic carbocycles. The summed E-state index contributed by atoms with van der Waals surface area (Å²) in [5.41, 5.74) is -0.234. The van der Waals surface area contributed by atoms with Crippen LogP contribution in [-0.2, 0) is 4.79 Å². The van der Waals surface area contributed by atoms with E-state index in [1.807, 2.05) is 20.8 Å². The summed E-state index contributed by atoms with van der Waals surface area (Å²) >= 11 is 0. The summed E-state index contributed by atoms with van der Waals surface area (Å²) in [6, 6.07) is -1.29. The molecule has 0 saturated carbocycles. The van der Waals surface area contributed by atoms with E-state index >= 15 is 0 Å². The van der Waals surface area contributed by atoms with Gasteiger partial charge in [0.15, 0.2) is 0 Å². The molecule has 16 heavy (non-hydrogen) atoms. The highest BCUT2D eigenvalue weighted by Crippen LogP contribution is 2.18. The van der Waals surface area contributed by atoms with Crippen molar-refractivity contribution < 1.29 is 14.7 Å². The van der Waals surface area contributed by atoms with E-state index in [4.69, 9.17) is 5.11 Å². The zero-order valence-corrected chi connectivity index (χ0v) is 10.5. The van der Waals surface area contributed by atoms with Crippen molar-refractivity contribution in [2.45, 2.75) is 58.5 Å². The minimum absolute atomic E-state index is 0.234. The number of carbonyl (C=O) groups is 2. The van der Waals surface area contributed by atoms with E-state index < -0.39 is 18.0 Å². The fourth-order valence-electron chi connectivity index (χ4n) is 1.55. The molecule has 0 aromatic rings. The lowest BCUT2D eigenvalue weighted by atomic mass is 9.90. The molecule has 3 N–H and O–H groups in total. The summed E-state index contributed by atoms with van der Waals surface area (Å²) in [5, 5.41) is 13.9. The molecule has 5 nitrogen and oxygen atoms in total. The molecule has 0 heterocycles. The predicted octanol–water partition coefficient (Wildman–Crippen LogP) is 1.73. The van der Waals surface area contributed by atoms with Gasteiger partial charge in [0.2, 0.25) is 0 Å². The summed E-state index contributed by atoms with van der Waals surface area (Å²) in [4.78, 5) is 22.1. The van der Waals surface area contributed by atoms with Crippen LogP contribution in [0, 0.1) is 0 Å². The maximum absolute atomic E-state index is 11.6. The van der Waals surface area contributed by atoms with Crippen LogP contribution in [0.2, 0.25) is 0 Å². The Morgan fingerprint density at radius 2 is 1.62 bits per heavy atom. The highest BCUT2D eigenvalue weighted by molar-refractivity contribution is 5.82. The maximum Gasteiger partial charge on any atom is 0.325 e. The summed E-state index contributed by atoms with van der Waals surface area (Å²) in [6.45, 7) is 7.46. The van der Waals surface area contributed by atoms with Crippen LogP contribution >= 0.6 is 0 Å². The lowest BCUT2D eigenvalue weighted by Crippen LogP contribution is -2.54. The van der Waals surface area contributed by atoms with Crippen LogP contribution in [0.3, 0.4) is 0 Å². The summed E-state index contributed by atoms with van der Waals surface area (Å²) in [5.74, 6) is -1.04. The summed E-state index contributed by atoms with van der Waals surface area (Å²) in [6.07, 6.45) is 2.48. The van der Waals surface area contributed by atoms with Crippen LogP contribution in [0.25, 0.3) is 0 Å². The van der Waals surface area contributed by atoms with Crippen LogP contribution in [0.15, 0.2) is 0 Å². The van der Waals surface area contributed by atoms with Gasteiger partial charge < -0.3 is 15.7 Å². The number of hydrogen-bond donors (Lipinski definition) is 3. The SMILES string of the molecule is CCC(CC)(CC)NC(=O)N[C@@H](C)C(=O)O. The van der Waals surface area contributed by atoms with Crippen molar-refractivity contribution in [2.24, 2.45) is 0 Å². The third-order valence-electron chi connectivity index (χ3n) is 3.13. The highest BCUT2D eigenvalue weighted by Gasteiger charge is 2.26. The smallest absolute Gasteiger partial charge is 0.325 e. The molecule has 2 amide bonds. The van der Waals surface area contributed by atoms with Crippen LogP contribution in [-0.4, -0.2) is 28.7 Å². The van der Waals surface area contributed by atoms with Gasteiger partial charge >= 0.3 is 12.0 Å². The first kappa shape index (κ1) is 14.7. The van der Waals surface area contributed by atoms with E-state index in [1.54, 1.807) is 0 Å². The van der Waals surface area contributed by atoms with Crippen molar-refractivity contribution in [1.29, 1.82) is 0 Å². The first-order valence-electron chi connectivity index (χ1n) is 5.72. The van der Waals surface area contributed by atoms with E-state index in [2.05, 4.69) is 10.6 Å². The van der Waals surface area contributed by atoms with E-state index in [1.165, 1.54) is 6.92 Å². The predicted molar refractivity (Wildman–Crippen MR) is 62.4 cm³/mol. The number of amides is 2. The van der Waals surface area contributed by atoms with Crippen molar-refractivity contribution >= 4 is 12.0 Å². The van der Waals surface area contributed by atoms with Crippen LogP contribution in [0.5, 0.6) is 0 Å². The Kier molecular flexibility index (Phi) is 5.85.